The molecule has 0 N–H and O–H groups in total. The Balaban J connectivity index is 2.85. The zero-order valence-corrected chi connectivity index (χ0v) is 7.99. The molecule has 0 aliphatic carbocycles. The molecule has 0 fully saturated rings. The quantitative estimate of drug-likeness (QED) is 0.707. The van der Waals surface area contributed by atoms with E-state index in [0.717, 1.165) is 5.56 Å². The molecule has 0 aliphatic heterocycles. The minimum absolute atomic E-state index is 0.119. The molecule has 0 saturated heterocycles. The van der Waals surface area contributed by atoms with E-state index >= 15 is 0 Å². The van der Waals surface area contributed by atoms with Gasteiger partial charge in [-0.1, -0.05) is 37.3 Å². The van der Waals surface area contributed by atoms with E-state index < -0.39 is 6.10 Å². The number of carbonyl (C=O) groups excluding carboxylic acids is 1. The fourth-order valence-electron chi connectivity index (χ4n) is 1.27. The topological polar surface area (TPSA) is 26.3 Å². The summed E-state index contributed by atoms with van der Waals surface area (Å²) in [5.74, 6) is 0.119. The molecule has 13 heavy (non-hydrogen) atoms. The van der Waals surface area contributed by atoms with Crippen LogP contribution in [-0.4, -0.2) is 12.9 Å². The van der Waals surface area contributed by atoms with Gasteiger partial charge in [-0.3, -0.25) is 4.79 Å². The van der Waals surface area contributed by atoms with Crippen molar-refractivity contribution >= 4 is 5.78 Å². The highest BCUT2D eigenvalue weighted by Crippen LogP contribution is 2.18. The molecule has 0 aromatic heterocycles. The zero-order valence-electron chi connectivity index (χ0n) is 7.99. The maximum Gasteiger partial charge on any atom is 0.165 e. The third-order valence-corrected chi connectivity index (χ3v) is 1.98. The van der Waals surface area contributed by atoms with Gasteiger partial charge in [-0.15, -0.1) is 0 Å². The average molecular weight is 178 g/mol. The largest absolute Gasteiger partial charge is 0.369 e. The highest BCUT2D eigenvalue weighted by molar-refractivity contribution is 5.84. The van der Waals surface area contributed by atoms with Crippen LogP contribution in [0.25, 0.3) is 0 Å². The molecule has 0 bridgehead atoms. The Labute approximate surface area is 78.5 Å². The van der Waals surface area contributed by atoms with E-state index in [9.17, 15) is 4.79 Å². The molecular weight excluding hydrogens is 164 g/mol. The summed E-state index contributed by atoms with van der Waals surface area (Å²) in [4.78, 5) is 11.4. The predicted octanol–water partition coefficient (Wildman–Crippen LogP) is 2.35. The van der Waals surface area contributed by atoms with Crippen molar-refractivity contribution in [2.45, 2.75) is 19.4 Å². The summed E-state index contributed by atoms with van der Waals surface area (Å²) in [7, 11) is 1.56. The summed E-state index contributed by atoms with van der Waals surface area (Å²) in [5, 5.41) is 0. The number of Topliss-reactive ketones (excluding diaryl/α,β-unsaturated/α-hetero) is 1. The van der Waals surface area contributed by atoms with Gasteiger partial charge in [0.2, 0.25) is 0 Å². The highest BCUT2D eigenvalue weighted by atomic mass is 16.5. The lowest BCUT2D eigenvalue weighted by Crippen LogP contribution is -2.13. The molecule has 2 nitrogen and oxygen atoms in total. The van der Waals surface area contributed by atoms with Crippen LogP contribution in [0.2, 0.25) is 0 Å². The van der Waals surface area contributed by atoms with Gasteiger partial charge in [0.1, 0.15) is 6.10 Å². The Kier molecular flexibility index (Phi) is 3.65. The van der Waals surface area contributed by atoms with Crippen molar-refractivity contribution in [1.82, 2.24) is 0 Å². The van der Waals surface area contributed by atoms with Gasteiger partial charge in [0.05, 0.1) is 0 Å². The van der Waals surface area contributed by atoms with E-state index in [1.54, 1.807) is 7.11 Å². The molecule has 1 aromatic rings. The van der Waals surface area contributed by atoms with Crippen molar-refractivity contribution in [1.29, 1.82) is 0 Å². The summed E-state index contributed by atoms with van der Waals surface area (Å²) in [6.07, 6.45) is 0.110. The smallest absolute Gasteiger partial charge is 0.165 e. The summed E-state index contributed by atoms with van der Waals surface area (Å²) >= 11 is 0. The maximum absolute atomic E-state index is 11.4. The molecular formula is C11H14O2. The van der Waals surface area contributed by atoms with Gasteiger partial charge in [-0.05, 0) is 5.56 Å². The van der Waals surface area contributed by atoms with Gasteiger partial charge in [0.25, 0.3) is 0 Å². The first-order valence-electron chi connectivity index (χ1n) is 4.40. The molecule has 0 radical (unpaired) electrons. The van der Waals surface area contributed by atoms with Crippen LogP contribution in [0.3, 0.4) is 0 Å². The third kappa shape index (κ3) is 2.39. The van der Waals surface area contributed by atoms with Gasteiger partial charge in [0, 0.05) is 13.5 Å². The predicted molar refractivity (Wildman–Crippen MR) is 51.5 cm³/mol. The summed E-state index contributed by atoms with van der Waals surface area (Å²) < 4.78 is 5.14. The van der Waals surface area contributed by atoms with Crippen LogP contribution in [0.4, 0.5) is 0 Å². The van der Waals surface area contributed by atoms with Crippen LogP contribution in [0.5, 0.6) is 0 Å². The van der Waals surface area contributed by atoms with Crippen LogP contribution >= 0.6 is 0 Å². The number of methoxy groups -OCH3 is 1. The second-order valence-corrected chi connectivity index (χ2v) is 2.85. The van der Waals surface area contributed by atoms with Crippen molar-refractivity contribution in [2.24, 2.45) is 0 Å². The van der Waals surface area contributed by atoms with Gasteiger partial charge in [0.15, 0.2) is 5.78 Å². The Hall–Kier alpha value is -1.15. The number of hydrogen-bond donors (Lipinski definition) is 0. The van der Waals surface area contributed by atoms with E-state index in [4.69, 9.17) is 4.74 Å². The standard InChI is InChI=1S/C11H14O2/c1-3-10(12)11(13-2)9-7-5-4-6-8-9/h4-8,11H,3H2,1-2H3. The lowest BCUT2D eigenvalue weighted by atomic mass is 10.0. The Morgan fingerprint density at radius 3 is 2.46 bits per heavy atom. The second-order valence-electron chi connectivity index (χ2n) is 2.85. The van der Waals surface area contributed by atoms with Crippen LogP contribution < -0.4 is 0 Å². The minimum atomic E-state index is -0.397. The summed E-state index contributed by atoms with van der Waals surface area (Å²) in [5.41, 5.74) is 0.928. The number of ether oxygens (including phenoxy) is 1. The number of hydrogen-bond acceptors (Lipinski definition) is 2. The van der Waals surface area contributed by atoms with Crippen molar-refractivity contribution in [3.05, 3.63) is 35.9 Å². The van der Waals surface area contributed by atoms with Crippen molar-refractivity contribution in [3.8, 4) is 0 Å². The van der Waals surface area contributed by atoms with Gasteiger partial charge in [-0.2, -0.15) is 0 Å². The van der Waals surface area contributed by atoms with Crippen LogP contribution in [0.15, 0.2) is 30.3 Å². The zero-order chi connectivity index (χ0) is 9.68. The van der Waals surface area contributed by atoms with Gasteiger partial charge >= 0.3 is 0 Å². The van der Waals surface area contributed by atoms with Crippen LogP contribution in [-0.2, 0) is 9.53 Å². The fraction of sp³-hybridized carbons (Fsp3) is 0.364. The number of carbonyl (C=O) groups is 1. The van der Waals surface area contributed by atoms with E-state index in [0.29, 0.717) is 6.42 Å². The summed E-state index contributed by atoms with van der Waals surface area (Å²) in [6.45, 7) is 1.84. The van der Waals surface area contributed by atoms with Crippen LogP contribution in [0, 0.1) is 0 Å². The van der Waals surface area contributed by atoms with Crippen LogP contribution in [0.1, 0.15) is 25.0 Å². The normalized spacial score (nSPS) is 12.5. The van der Waals surface area contributed by atoms with Crippen molar-refractivity contribution in [3.63, 3.8) is 0 Å². The molecule has 0 heterocycles. The minimum Gasteiger partial charge on any atom is -0.369 e. The third-order valence-electron chi connectivity index (χ3n) is 1.98. The monoisotopic (exact) mass is 178 g/mol. The Bertz CT molecular complexity index is 267. The van der Waals surface area contributed by atoms with Gasteiger partial charge < -0.3 is 4.74 Å². The summed E-state index contributed by atoms with van der Waals surface area (Å²) in [6, 6.07) is 9.55. The lowest BCUT2D eigenvalue weighted by Gasteiger charge is -2.12. The molecule has 0 amide bonds. The first kappa shape index (κ1) is 9.93. The van der Waals surface area contributed by atoms with Crippen molar-refractivity contribution in [2.75, 3.05) is 7.11 Å². The molecule has 1 atom stereocenters. The van der Waals surface area contributed by atoms with E-state index in [2.05, 4.69) is 0 Å². The molecule has 2 heteroatoms. The molecule has 1 aromatic carbocycles. The highest BCUT2D eigenvalue weighted by Gasteiger charge is 2.16. The molecule has 0 saturated carbocycles. The fourth-order valence-corrected chi connectivity index (χ4v) is 1.27. The van der Waals surface area contributed by atoms with E-state index in [-0.39, 0.29) is 5.78 Å². The van der Waals surface area contributed by atoms with Gasteiger partial charge in [-0.25, -0.2) is 0 Å². The first-order chi connectivity index (χ1) is 6.29. The van der Waals surface area contributed by atoms with Crippen molar-refractivity contribution < 1.29 is 9.53 Å². The van der Waals surface area contributed by atoms with E-state index in [1.165, 1.54) is 0 Å². The molecule has 0 aliphatic rings. The SMILES string of the molecule is CCC(=O)C(OC)c1ccccc1. The number of benzene rings is 1. The Morgan fingerprint density at radius 1 is 1.38 bits per heavy atom. The maximum atomic E-state index is 11.4. The second kappa shape index (κ2) is 4.77. The molecule has 1 rings (SSSR count). The molecule has 1 unspecified atom stereocenters. The molecule has 0 spiro atoms. The number of ketones is 1. The Morgan fingerprint density at radius 2 is 2.00 bits per heavy atom. The molecule has 70 valence electrons. The first-order valence-corrected chi connectivity index (χ1v) is 4.40. The number of rotatable bonds is 4. The lowest BCUT2D eigenvalue weighted by molar-refractivity contribution is -0.128. The van der Waals surface area contributed by atoms with E-state index in [1.807, 2.05) is 37.3 Å². The average Bonchev–Trinajstić information content (AvgIpc) is 2.20.